The van der Waals surface area contributed by atoms with Gasteiger partial charge < -0.3 is 10.1 Å². The lowest BCUT2D eigenvalue weighted by atomic mass is 10.00. The van der Waals surface area contributed by atoms with E-state index in [2.05, 4.69) is 41.9 Å². The molecule has 0 saturated carbocycles. The molecule has 0 radical (unpaired) electrons. The summed E-state index contributed by atoms with van der Waals surface area (Å²) in [5, 5.41) is 3.40. The highest BCUT2D eigenvalue weighted by Gasteiger charge is 2.23. The van der Waals surface area contributed by atoms with Crippen LogP contribution in [0.2, 0.25) is 5.02 Å². The molecule has 1 N–H and O–H groups in total. The van der Waals surface area contributed by atoms with Gasteiger partial charge in [0.1, 0.15) is 5.82 Å². The van der Waals surface area contributed by atoms with Crippen molar-refractivity contribution in [3.63, 3.8) is 0 Å². The molecule has 0 aliphatic rings. The van der Waals surface area contributed by atoms with E-state index in [0.29, 0.717) is 14.5 Å². The Labute approximate surface area is 178 Å². The largest absolute Gasteiger partial charge is 0.469 e. The zero-order valence-corrected chi connectivity index (χ0v) is 18.8. The van der Waals surface area contributed by atoms with Crippen LogP contribution in [0.25, 0.3) is 0 Å². The van der Waals surface area contributed by atoms with E-state index >= 15 is 0 Å². The average molecular weight is 522 g/mol. The first-order valence-corrected chi connectivity index (χ1v) is 9.93. The summed E-state index contributed by atoms with van der Waals surface area (Å²) < 4.78 is 19.3. The summed E-state index contributed by atoms with van der Waals surface area (Å²) in [5.41, 5.74) is 1.93. The number of rotatable bonds is 6. The van der Waals surface area contributed by atoms with Crippen LogP contribution in [0, 0.1) is 12.7 Å². The van der Waals surface area contributed by atoms with Crippen LogP contribution < -0.4 is 5.32 Å². The molecule has 0 aliphatic carbocycles. The fraction of sp³-hybridized carbons (Fsp3) is 0.263. The van der Waals surface area contributed by atoms with Crippen LogP contribution in [0.5, 0.6) is 0 Å². The Balaban J connectivity index is 2.40. The Bertz CT molecular complexity index is 905. The number of ether oxygens (including phenoxy) is 1. The summed E-state index contributed by atoms with van der Waals surface area (Å²) >= 11 is 12.9. The van der Waals surface area contributed by atoms with Gasteiger partial charge in [-0.15, -0.1) is 0 Å². The second kappa shape index (κ2) is 9.17. The van der Waals surface area contributed by atoms with Gasteiger partial charge in [-0.1, -0.05) is 11.6 Å². The predicted octanol–water partition coefficient (Wildman–Crippen LogP) is 5.91. The standard InChI is InChI=1S/C19H17Br2ClFNO3/c1-9(6-16(25)27-3)24-15-8-13(20)17(18(21)10(15)2)19(26)12-7-11(23)4-5-14(12)22/h4-5,7-9,24H,6H2,1-3H3/t9-/m1/s1. The maximum Gasteiger partial charge on any atom is 0.307 e. The number of benzene rings is 2. The Hall–Kier alpha value is -1.44. The highest BCUT2D eigenvalue weighted by Crippen LogP contribution is 2.37. The molecule has 144 valence electrons. The number of esters is 1. The van der Waals surface area contributed by atoms with Crippen molar-refractivity contribution < 1.29 is 18.7 Å². The molecule has 0 saturated heterocycles. The molecule has 0 fully saturated rings. The molecule has 0 spiro atoms. The average Bonchev–Trinajstić information content (AvgIpc) is 2.61. The predicted molar refractivity (Wildman–Crippen MR) is 111 cm³/mol. The second-order valence-electron chi connectivity index (χ2n) is 6.00. The Morgan fingerprint density at radius 1 is 1.30 bits per heavy atom. The minimum absolute atomic E-state index is 0.0808. The first-order chi connectivity index (χ1) is 12.6. The van der Waals surface area contributed by atoms with Crippen LogP contribution in [-0.2, 0) is 9.53 Å². The summed E-state index contributed by atoms with van der Waals surface area (Å²) in [7, 11) is 1.34. The molecule has 0 unspecified atom stereocenters. The summed E-state index contributed by atoms with van der Waals surface area (Å²) in [6.45, 7) is 3.68. The molecule has 0 aliphatic heterocycles. The highest BCUT2D eigenvalue weighted by atomic mass is 79.9. The van der Waals surface area contributed by atoms with E-state index in [-0.39, 0.29) is 29.0 Å². The number of nitrogens with one attached hydrogen (secondary N) is 1. The van der Waals surface area contributed by atoms with Crippen molar-refractivity contribution in [2.45, 2.75) is 26.3 Å². The Morgan fingerprint density at radius 2 is 1.96 bits per heavy atom. The van der Waals surface area contributed by atoms with Crippen LogP contribution >= 0.6 is 43.5 Å². The summed E-state index contributed by atoms with van der Waals surface area (Å²) in [6.07, 6.45) is 0.199. The smallest absolute Gasteiger partial charge is 0.307 e. The molecule has 2 aromatic carbocycles. The van der Waals surface area contributed by atoms with E-state index in [1.807, 2.05) is 13.8 Å². The van der Waals surface area contributed by atoms with E-state index in [4.69, 9.17) is 11.6 Å². The van der Waals surface area contributed by atoms with Crippen LogP contribution in [-0.4, -0.2) is 24.9 Å². The highest BCUT2D eigenvalue weighted by molar-refractivity contribution is 9.11. The van der Waals surface area contributed by atoms with Crippen molar-refractivity contribution in [2.75, 3.05) is 12.4 Å². The van der Waals surface area contributed by atoms with E-state index < -0.39 is 11.6 Å². The quantitative estimate of drug-likeness (QED) is 0.380. The number of halogens is 4. The lowest BCUT2D eigenvalue weighted by molar-refractivity contribution is -0.140. The van der Waals surface area contributed by atoms with E-state index in [9.17, 15) is 14.0 Å². The van der Waals surface area contributed by atoms with Gasteiger partial charge >= 0.3 is 5.97 Å². The number of hydrogen-bond donors (Lipinski definition) is 1. The topological polar surface area (TPSA) is 55.4 Å². The number of methoxy groups -OCH3 is 1. The van der Waals surface area contributed by atoms with Crippen molar-refractivity contribution in [3.05, 3.63) is 60.7 Å². The fourth-order valence-corrected chi connectivity index (χ4v) is 4.22. The number of carbonyl (C=O) groups is 2. The molecule has 8 heteroatoms. The van der Waals surface area contributed by atoms with Crippen LogP contribution in [0.4, 0.5) is 10.1 Å². The van der Waals surface area contributed by atoms with Crippen molar-refractivity contribution >= 4 is 60.9 Å². The minimum Gasteiger partial charge on any atom is -0.469 e. The molecule has 0 aromatic heterocycles. The number of ketones is 1. The second-order valence-corrected chi connectivity index (χ2v) is 8.05. The third kappa shape index (κ3) is 5.09. The number of anilines is 1. The monoisotopic (exact) mass is 519 g/mol. The molecule has 2 rings (SSSR count). The molecule has 1 atom stereocenters. The maximum absolute atomic E-state index is 13.6. The number of carbonyl (C=O) groups excluding carboxylic acids is 2. The summed E-state index contributed by atoms with van der Waals surface area (Å²) in [5.74, 6) is -1.27. The Kier molecular flexibility index (Phi) is 7.42. The molecule has 0 heterocycles. The molecule has 4 nitrogen and oxygen atoms in total. The fourth-order valence-electron chi connectivity index (χ4n) is 2.53. The van der Waals surface area contributed by atoms with Crippen molar-refractivity contribution in [3.8, 4) is 0 Å². The first-order valence-electron chi connectivity index (χ1n) is 7.97. The Morgan fingerprint density at radius 3 is 2.59 bits per heavy atom. The van der Waals surface area contributed by atoms with Gasteiger partial charge in [0.05, 0.1) is 24.1 Å². The SMILES string of the molecule is COC(=O)C[C@@H](C)Nc1cc(Br)c(C(=O)c2cc(F)ccc2Cl)c(Br)c1C. The summed E-state index contributed by atoms with van der Waals surface area (Å²) in [6, 6.07) is 5.24. The lowest BCUT2D eigenvalue weighted by Crippen LogP contribution is -2.21. The molecule has 0 amide bonds. The van der Waals surface area contributed by atoms with Gasteiger partial charge in [0.15, 0.2) is 5.78 Å². The third-order valence-corrected chi connectivity index (χ3v) is 5.91. The van der Waals surface area contributed by atoms with E-state index in [1.165, 1.54) is 19.2 Å². The molecular weight excluding hydrogens is 504 g/mol. The van der Waals surface area contributed by atoms with E-state index in [0.717, 1.165) is 17.3 Å². The zero-order chi connectivity index (χ0) is 20.3. The maximum atomic E-state index is 13.6. The van der Waals surface area contributed by atoms with Crippen LogP contribution in [0.1, 0.15) is 34.8 Å². The van der Waals surface area contributed by atoms with Gasteiger partial charge in [-0.3, -0.25) is 9.59 Å². The van der Waals surface area contributed by atoms with Gasteiger partial charge in [0.25, 0.3) is 0 Å². The van der Waals surface area contributed by atoms with Gasteiger partial charge in [0, 0.05) is 26.2 Å². The van der Waals surface area contributed by atoms with Gasteiger partial charge in [-0.2, -0.15) is 0 Å². The normalized spacial score (nSPS) is 11.8. The third-order valence-electron chi connectivity index (χ3n) is 3.97. The van der Waals surface area contributed by atoms with Crippen molar-refractivity contribution in [2.24, 2.45) is 0 Å². The molecule has 27 heavy (non-hydrogen) atoms. The van der Waals surface area contributed by atoms with Gasteiger partial charge in [-0.05, 0) is 75.5 Å². The first kappa shape index (κ1) is 21.9. The van der Waals surface area contributed by atoms with Crippen LogP contribution in [0.15, 0.2) is 33.2 Å². The zero-order valence-electron chi connectivity index (χ0n) is 14.8. The lowest BCUT2D eigenvalue weighted by Gasteiger charge is -2.19. The van der Waals surface area contributed by atoms with Crippen molar-refractivity contribution in [1.82, 2.24) is 0 Å². The van der Waals surface area contributed by atoms with Crippen LogP contribution in [0.3, 0.4) is 0 Å². The minimum atomic E-state index is -0.540. The molecular formula is C19H17Br2ClFNO3. The summed E-state index contributed by atoms with van der Waals surface area (Å²) in [4.78, 5) is 24.4. The molecule has 0 bridgehead atoms. The van der Waals surface area contributed by atoms with Gasteiger partial charge in [-0.25, -0.2) is 4.39 Å². The number of hydrogen-bond acceptors (Lipinski definition) is 4. The van der Waals surface area contributed by atoms with E-state index in [1.54, 1.807) is 6.07 Å². The van der Waals surface area contributed by atoms with Gasteiger partial charge in [0.2, 0.25) is 0 Å². The molecule has 2 aromatic rings. The van der Waals surface area contributed by atoms with Crippen molar-refractivity contribution in [1.29, 1.82) is 0 Å².